The lowest BCUT2D eigenvalue weighted by Crippen LogP contribution is -1.98. The normalized spacial score (nSPS) is 11.3. The Bertz CT molecular complexity index is 3420. The summed E-state index contributed by atoms with van der Waals surface area (Å²) in [6, 6.07) is 48.7. The molecule has 8 nitrogen and oxygen atoms in total. The van der Waals surface area contributed by atoms with Gasteiger partial charge in [0.05, 0.1) is 58.5 Å². The minimum absolute atomic E-state index is 0.536. The van der Waals surface area contributed by atoms with Crippen LogP contribution in [0.5, 0.6) is 0 Å². The molecule has 0 bridgehead atoms. The molecule has 0 saturated heterocycles. The summed E-state index contributed by atoms with van der Waals surface area (Å²) < 4.78 is 4.42. The maximum absolute atomic E-state index is 9.82. The molecule has 0 atom stereocenters. The van der Waals surface area contributed by atoms with Crippen molar-refractivity contribution in [2.75, 3.05) is 0 Å². The maximum atomic E-state index is 9.82. The molecule has 8 heteroatoms. The van der Waals surface area contributed by atoms with E-state index in [9.17, 15) is 10.5 Å². The Kier molecular flexibility index (Phi) is 7.56. The molecule has 0 aliphatic carbocycles. The lowest BCUT2D eigenvalue weighted by molar-refractivity contribution is 1.18. The van der Waals surface area contributed by atoms with Crippen LogP contribution in [0.2, 0.25) is 0 Å². The molecule has 274 valence electrons. The van der Waals surface area contributed by atoms with E-state index in [2.05, 4.69) is 89.5 Å². The molecule has 11 rings (SSSR count). The Balaban J connectivity index is 1.26. The van der Waals surface area contributed by atoms with Gasteiger partial charge in [-0.3, -0.25) is 9.97 Å². The van der Waals surface area contributed by atoms with Crippen molar-refractivity contribution in [1.29, 1.82) is 10.5 Å². The first-order valence-corrected chi connectivity index (χ1v) is 19.1. The Hall–Kier alpha value is -9.08. The molecule has 60 heavy (non-hydrogen) atoms. The second kappa shape index (κ2) is 13.3. The largest absolute Gasteiger partial charge is 0.309 e. The van der Waals surface area contributed by atoms with Gasteiger partial charge in [-0.15, -0.1) is 0 Å². The van der Waals surface area contributed by atoms with Gasteiger partial charge in [-0.1, -0.05) is 36.4 Å². The lowest BCUT2D eigenvalue weighted by atomic mass is 9.86. The quantitative estimate of drug-likeness (QED) is 0.132. The van der Waals surface area contributed by atoms with Crippen molar-refractivity contribution < 1.29 is 0 Å². The number of aromatic nitrogens is 4. The number of rotatable bonds is 4. The smallest absolute Gasteiger partial charge is 0.188 e. The molecule has 0 aliphatic heterocycles. The molecule has 11 aromatic rings. The van der Waals surface area contributed by atoms with Crippen LogP contribution in [0.1, 0.15) is 11.1 Å². The zero-order valence-electron chi connectivity index (χ0n) is 31.6. The Labute approximate surface area is 342 Å². The Morgan fingerprint density at radius 2 is 0.850 bits per heavy atom. The predicted molar refractivity (Wildman–Crippen MR) is 239 cm³/mol. The fourth-order valence-electron chi connectivity index (χ4n) is 8.98. The fourth-order valence-corrected chi connectivity index (χ4v) is 8.98. The number of hydrogen-bond donors (Lipinski definition) is 0. The molecule has 4 aromatic heterocycles. The van der Waals surface area contributed by atoms with Crippen LogP contribution < -0.4 is 0 Å². The molecule has 0 fully saturated rings. The summed E-state index contributed by atoms with van der Waals surface area (Å²) in [6.45, 7) is 15.4. The predicted octanol–water partition coefficient (Wildman–Crippen LogP) is 13.2. The molecule has 0 aliphatic rings. The Morgan fingerprint density at radius 1 is 0.433 bits per heavy atom. The van der Waals surface area contributed by atoms with Crippen LogP contribution in [-0.2, 0) is 0 Å². The van der Waals surface area contributed by atoms with Crippen molar-refractivity contribution in [3.05, 3.63) is 192 Å². The summed E-state index contributed by atoms with van der Waals surface area (Å²) in [5, 5.41) is 27.4. The van der Waals surface area contributed by atoms with Crippen LogP contribution in [0, 0.1) is 35.8 Å². The van der Waals surface area contributed by atoms with Crippen molar-refractivity contribution >= 4 is 76.5 Å². The molecule has 4 heterocycles. The van der Waals surface area contributed by atoms with Gasteiger partial charge in [-0.05, 0) is 141 Å². The van der Waals surface area contributed by atoms with Crippen LogP contribution in [0.25, 0.3) is 108 Å². The molecule has 0 N–H and O–H groups in total. The second-order valence-electron chi connectivity index (χ2n) is 14.7. The van der Waals surface area contributed by atoms with Crippen LogP contribution in [0.15, 0.2) is 158 Å². The Morgan fingerprint density at radius 3 is 1.23 bits per heavy atom. The molecular formula is C52H26N8. The summed E-state index contributed by atoms with van der Waals surface area (Å²) in [7, 11) is 0. The third-order valence-electron chi connectivity index (χ3n) is 11.5. The number of nitrogens with zero attached hydrogens (tertiary/aromatic N) is 8. The van der Waals surface area contributed by atoms with Gasteiger partial charge in [-0.2, -0.15) is 10.5 Å². The summed E-state index contributed by atoms with van der Waals surface area (Å²) in [6.07, 6.45) is 7.38. The molecule has 0 radical (unpaired) electrons. The van der Waals surface area contributed by atoms with Crippen molar-refractivity contribution in [3.8, 4) is 45.8 Å². The molecule has 0 saturated carbocycles. The molecule has 0 spiro atoms. The van der Waals surface area contributed by atoms with Crippen molar-refractivity contribution in [3.63, 3.8) is 0 Å². The van der Waals surface area contributed by atoms with E-state index in [0.717, 1.165) is 98.8 Å². The highest BCUT2D eigenvalue weighted by atomic mass is 15.0. The first kappa shape index (κ1) is 34.2. The zero-order valence-corrected chi connectivity index (χ0v) is 31.6. The molecule has 0 unspecified atom stereocenters. The second-order valence-corrected chi connectivity index (χ2v) is 14.7. The highest BCUT2D eigenvalue weighted by Gasteiger charge is 2.22. The number of fused-ring (bicyclic) bond motifs is 8. The van der Waals surface area contributed by atoms with E-state index in [1.54, 1.807) is 12.4 Å². The van der Waals surface area contributed by atoms with E-state index in [0.29, 0.717) is 22.5 Å². The molecular weight excluding hydrogens is 737 g/mol. The van der Waals surface area contributed by atoms with Gasteiger partial charge in [0.25, 0.3) is 0 Å². The van der Waals surface area contributed by atoms with E-state index in [1.165, 1.54) is 0 Å². The van der Waals surface area contributed by atoms with Gasteiger partial charge in [0.2, 0.25) is 0 Å². The third kappa shape index (κ3) is 5.07. The highest BCUT2D eigenvalue weighted by molar-refractivity contribution is 6.22. The minimum atomic E-state index is 0.536. The standard InChI is InChI=1S/C52H26N8/c1-55-35-9-17-49-43(23-35)41-21-31(27-53)7-15-47(41)59(49)37-11-13-39-45(25-37)51(33-5-3-19-57-29-33)40-14-12-38(26-46(40)52(39)34-6-4-20-58-30-34)60-48-16-8-32(28-54)22-42(48)44-24-36(56-2)10-18-50(44)60/h3-26,29-30H. The number of benzene rings is 7. The fraction of sp³-hybridized carbons (Fsp3) is 0. The van der Waals surface area contributed by atoms with Gasteiger partial charge >= 0.3 is 0 Å². The topological polar surface area (TPSA) is 91.9 Å². The summed E-state index contributed by atoms with van der Waals surface area (Å²) in [5.41, 5.74) is 11.8. The number of pyridine rings is 2. The zero-order chi connectivity index (χ0) is 40.5. The first-order chi connectivity index (χ1) is 29.6. The van der Waals surface area contributed by atoms with Crippen molar-refractivity contribution in [2.45, 2.75) is 0 Å². The van der Waals surface area contributed by atoms with Crippen LogP contribution >= 0.6 is 0 Å². The van der Waals surface area contributed by atoms with E-state index in [4.69, 9.17) is 13.1 Å². The molecule has 7 aromatic carbocycles. The average molecular weight is 763 g/mol. The highest BCUT2D eigenvalue weighted by Crippen LogP contribution is 2.46. The summed E-state index contributed by atoms with van der Waals surface area (Å²) in [4.78, 5) is 16.6. The molecule has 0 amide bonds. The third-order valence-corrected chi connectivity index (χ3v) is 11.5. The van der Waals surface area contributed by atoms with Gasteiger partial charge in [0, 0.05) is 58.1 Å². The van der Waals surface area contributed by atoms with Crippen LogP contribution in [0.4, 0.5) is 11.4 Å². The van der Waals surface area contributed by atoms with Gasteiger partial charge in [-0.25, -0.2) is 9.69 Å². The average Bonchev–Trinajstić information content (AvgIpc) is 3.81. The maximum Gasteiger partial charge on any atom is 0.188 e. The number of nitriles is 2. The summed E-state index contributed by atoms with van der Waals surface area (Å²) >= 11 is 0. The van der Waals surface area contributed by atoms with Gasteiger partial charge in [0.1, 0.15) is 0 Å². The minimum Gasteiger partial charge on any atom is -0.309 e. The van der Waals surface area contributed by atoms with Crippen LogP contribution in [0.3, 0.4) is 0 Å². The van der Waals surface area contributed by atoms with E-state index in [-0.39, 0.29) is 0 Å². The van der Waals surface area contributed by atoms with Gasteiger partial charge < -0.3 is 9.13 Å². The SMILES string of the molecule is [C-]#[N+]c1ccc2c(c1)c1cc(C#N)ccc1n2-c1ccc2c(-c3cccnc3)c3cc(-n4c5ccc(C#N)cc5c5cc([N+]#[C-])ccc54)ccc3c(-c3cccnc3)c2c1. The van der Waals surface area contributed by atoms with Crippen molar-refractivity contribution in [2.24, 2.45) is 0 Å². The monoisotopic (exact) mass is 762 g/mol. The van der Waals surface area contributed by atoms with E-state index in [1.807, 2.05) is 97.3 Å². The van der Waals surface area contributed by atoms with E-state index < -0.39 is 0 Å². The van der Waals surface area contributed by atoms with Gasteiger partial charge in [0.15, 0.2) is 11.4 Å². The van der Waals surface area contributed by atoms with Crippen molar-refractivity contribution in [1.82, 2.24) is 19.1 Å². The van der Waals surface area contributed by atoms with E-state index >= 15 is 0 Å². The first-order valence-electron chi connectivity index (χ1n) is 19.1. The van der Waals surface area contributed by atoms with Crippen LogP contribution in [-0.4, -0.2) is 19.1 Å². The number of hydrogen-bond acceptors (Lipinski definition) is 4. The summed E-state index contributed by atoms with van der Waals surface area (Å²) in [5.74, 6) is 0. The lowest BCUT2D eigenvalue weighted by Gasteiger charge is -2.20.